The molecule has 1 atom stereocenters. The third-order valence-electron chi connectivity index (χ3n) is 3.60. The second-order valence-corrected chi connectivity index (χ2v) is 5.61. The van der Waals surface area contributed by atoms with E-state index >= 15 is 0 Å². The Balaban J connectivity index is 2.19. The van der Waals surface area contributed by atoms with Gasteiger partial charge >= 0.3 is 0 Å². The summed E-state index contributed by atoms with van der Waals surface area (Å²) in [6.07, 6.45) is 4.71. The van der Waals surface area contributed by atoms with Crippen molar-refractivity contribution in [1.82, 2.24) is 10.2 Å². The fourth-order valence-corrected chi connectivity index (χ4v) is 2.18. The molecule has 1 aliphatic heterocycles. The van der Waals surface area contributed by atoms with Gasteiger partial charge in [-0.3, -0.25) is 9.59 Å². The predicted molar refractivity (Wildman–Crippen MR) is 75.5 cm³/mol. The normalized spacial score (nSPS) is 18.3. The summed E-state index contributed by atoms with van der Waals surface area (Å²) in [7, 11) is 0. The maximum absolute atomic E-state index is 11.8. The molecular formula is C14H27N3O2. The van der Waals surface area contributed by atoms with Crippen LogP contribution in [-0.4, -0.2) is 42.4 Å². The highest BCUT2D eigenvalue weighted by atomic mass is 16.2. The molecule has 0 aromatic rings. The van der Waals surface area contributed by atoms with Crippen molar-refractivity contribution in [3.05, 3.63) is 0 Å². The van der Waals surface area contributed by atoms with Crippen LogP contribution in [0.5, 0.6) is 0 Å². The minimum absolute atomic E-state index is 0.0998. The molecule has 0 aliphatic carbocycles. The topological polar surface area (TPSA) is 75.4 Å². The summed E-state index contributed by atoms with van der Waals surface area (Å²) in [5, 5.41) is 2.83. The van der Waals surface area contributed by atoms with Crippen LogP contribution in [0.2, 0.25) is 0 Å². The summed E-state index contributed by atoms with van der Waals surface area (Å²) < 4.78 is 0. The third-order valence-corrected chi connectivity index (χ3v) is 3.60. The standard InChI is InChI=1S/C14H27N3O2/c1-11(2)13(15)14(19)16-8-6-10-17-9-5-3-4-7-12(17)18/h11,13H,3-10,15H2,1-2H3,(H,16,19)/t13-/m0/s1. The van der Waals surface area contributed by atoms with Gasteiger partial charge in [-0.05, 0) is 25.2 Å². The van der Waals surface area contributed by atoms with Crippen molar-refractivity contribution in [3.63, 3.8) is 0 Å². The molecular weight excluding hydrogens is 242 g/mol. The van der Waals surface area contributed by atoms with Gasteiger partial charge < -0.3 is 16.0 Å². The molecule has 0 spiro atoms. The molecule has 2 amide bonds. The van der Waals surface area contributed by atoms with E-state index in [0.717, 1.165) is 38.8 Å². The van der Waals surface area contributed by atoms with E-state index in [4.69, 9.17) is 5.73 Å². The molecule has 110 valence electrons. The first-order valence-corrected chi connectivity index (χ1v) is 7.33. The van der Waals surface area contributed by atoms with Gasteiger partial charge in [-0.15, -0.1) is 0 Å². The molecule has 1 fully saturated rings. The number of amides is 2. The minimum atomic E-state index is -0.445. The van der Waals surface area contributed by atoms with Crippen molar-refractivity contribution in [2.75, 3.05) is 19.6 Å². The third kappa shape index (κ3) is 5.59. The van der Waals surface area contributed by atoms with Gasteiger partial charge in [0.1, 0.15) is 0 Å². The van der Waals surface area contributed by atoms with Gasteiger partial charge in [0, 0.05) is 26.1 Å². The summed E-state index contributed by atoms with van der Waals surface area (Å²) in [5.74, 6) is 0.298. The summed E-state index contributed by atoms with van der Waals surface area (Å²) >= 11 is 0. The molecule has 0 bridgehead atoms. The summed E-state index contributed by atoms with van der Waals surface area (Å²) in [6, 6.07) is -0.445. The zero-order chi connectivity index (χ0) is 14.3. The van der Waals surface area contributed by atoms with Gasteiger partial charge in [-0.1, -0.05) is 20.3 Å². The highest BCUT2D eigenvalue weighted by Crippen LogP contribution is 2.11. The molecule has 3 N–H and O–H groups in total. The van der Waals surface area contributed by atoms with Crippen molar-refractivity contribution in [2.24, 2.45) is 11.7 Å². The van der Waals surface area contributed by atoms with Crippen LogP contribution in [0, 0.1) is 5.92 Å². The van der Waals surface area contributed by atoms with Crippen molar-refractivity contribution in [3.8, 4) is 0 Å². The van der Waals surface area contributed by atoms with Crippen LogP contribution in [-0.2, 0) is 9.59 Å². The van der Waals surface area contributed by atoms with Crippen molar-refractivity contribution in [2.45, 2.75) is 52.0 Å². The number of likely N-dealkylation sites (tertiary alicyclic amines) is 1. The first kappa shape index (κ1) is 16.0. The lowest BCUT2D eigenvalue weighted by atomic mass is 10.1. The van der Waals surface area contributed by atoms with E-state index in [0.29, 0.717) is 13.0 Å². The van der Waals surface area contributed by atoms with Crippen molar-refractivity contribution >= 4 is 11.8 Å². The average molecular weight is 269 g/mol. The number of nitrogens with one attached hydrogen (secondary N) is 1. The van der Waals surface area contributed by atoms with Crippen LogP contribution in [0.1, 0.15) is 46.0 Å². The predicted octanol–water partition coefficient (Wildman–Crippen LogP) is 0.879. The highest BCUT2D eigenvalue weighted by molar-refractivity contribution is 5.81. The number of rotatable bonds is 6. The van der Waals surface area contributed by atoms with Crippen molar-refractivity contribution in [1.29, 1.82) is 0 Å². The molecule has 0 aromatic carbocycles. The maximum Gasteiger partial charge on any atom is 0.237 e. The van der Waals surface area contributed by atoms with E-state index in [1.807, 2.05) is 18.7 Å². The molecule has 0 unspecified atom stereocenters. The van der Waals surface area contributed by atoms with E-state index in [9.17, 15) is 9.59 Å². The second kappa shape index (κ2) is 8.15. The van der Waals surface area contributed by atoms with Crippen LogP contribution in [0.25, 0.3) is 0 Å². The molecule has 0 radical (unpaired) electrons. The lowest BCUT2D eigenvalue weighted by Gasteiger charge is -2.21. The van der Waals surface area contributed by atoms with Crippen LogP contribution in [0.3, 0.4) is 0 Å². The molecule has 5 nitrogen and oxygen atoms in total. The quantitative estimate of drug-likeness (QED) is 0.703. The number of hydrogen-bond acceptors (Lipinski definition) is 3. The smallest absolute Gasteiger partial charge is 0.237 e. The highest BCUT2D eigenvalue weighted by Gasteiger charge is 2.18. The first-order chi connectivity index (χ1) is 9.02. The van der Waals surface area contributed by atoms with Gasteiger partial charge in [0.25, 0.3) is 0 Å². The van der Waals surface area contributed by atoms with Gasteiger partial charge in [0.2, 0.25) is 11.8 Å². The fourth-order valence-electron chi connectivity index (χ4n) is 2.18. The Morgan fingerprint density at radius 1 is 1.37 bits per heavy atom. The SMILES string of the molecule is CC(C)[C@H](N)C(=O)NCCCN1CCCCCC1=O. The Morgan fingerprint density at radius 2 is 2.11 bits per heavy atom. The Hall–Kier alpha value is -1.10. The summed E-state index contributed by atoms with van der Waals surface area (Å²) in [4.78, 5) is 25.3. The lowest BCUT2D eigenvalue weighted by molar-refractivity contribution is -0.130. The molecule has 1 heterocycles. The van der Waals surface area contributed by atoms with E-state index in [-0.39, 0.29) is 17.7 Å². The number of nitrogens with zero attached hydrogens (tertiary/aromatic N) is 1. The molecule has 1 saturated heterocycles. The Kier molecular flexibility index (Phi) is 6.84. The molecule has 0 aromatic heterocycles. The summed E-state index contributed by atoms with van der Waals surface area (Å²) in [5.41, 5.74) is 5.75. The van der Waals surface area contributed by atoms with E-state index in [2.05, 4.69) is 5.32 Å². The fraction of sp³-hybridized carbons (Fsp3) is 0.857. The Morgan fingerprint density at radius 3 is 2.79 bits per heavy atom. The van der Waals surface area contributed by atoms with Gasteiger partial charge in [0.15, 0.2) is 0 Å². The molecule has 0 saturated carbocycles. The monoisotopic (exact) mass is 269 g/mol. The van der Waals surface area contributed by atoms with Gasteiger partial charge in [-0.2, -0.15) is 0 Å². The van der Waals surface area contributed by atoms with Crippen LogP contribution in [0.4, 0.5) is 0 Å². The van der Waals surface area contributed by atoms with E-state index in [1.54, 1.807) is 0 Å². The van der Waals surface area contributed by atoms with E-state index < -0.39 is 6.04 Å². The maximum atomic E-state index is 11.8. The summed E-state index contributed by atoms with van der Waals surface area (Å²) in [6.45, 7) is 6.04. The van der Waals surface area contributed by atoms with Crippen LogP contribution < -0.4 is 11.1 Å². The number of hydrogen-bond donors (Lipinski definition) is 2. The molecule has 1 rings (SSSR count). The van der Waals surface area contributed by atoms with Crippen LogP contribution in [0.15, 0.2) is 0 Å². The van der Waals surface area contributed by atoms with Gasteiger partial charge in [0.05, 0.1) is 6.04 Å². The molecule has 1 aliphatic rings. The zero-order valence-electron chi connectivity index (χ0n) is 12.2. The largest absolute Gasteiger partial charge is 0.355 e. The average Bonchev–Trinajstić information content (AvgIpc) is 2.58. The van der Waals surface area contributed by atoms with E-state index in [1.165, 1.54) is 0 Å². The lowest BCUT2D eigenvalue weighted by Crippen LogP contribution is -2.44. The van der Waals surface area contributed by atoms with Crippen molar-refractivity contribution < 1.29 is 9.59 Å². The Labute approximate surface area is 115 Å². The minimum Gasteiger partial charge on any atom is -0.355 e. The second-order valence-electron chi connectivity index (χ2n) is 5.61. The Bertz CT molecular complexity index is 305. The van der Waals surface area contributed by atoms with Gasteiger partial charge in [-0.25, -0.2) is 0 Å². The van der Waals surface area contributed by atoms with Crippen LogP contribution >= 0.6 is 0 Å². The molecule has 5 heteroatoms. The number of carbonyl (C=O) groups is 2. The molecule has 19 heavy (non-hydrogen) atoms. The number of carbonyl (C=O) groups excluding carboxylic acids is 2. The number of nitrogens with two attached hydrogens (primary N) is 1. The zero-order valence-corrected chi connectivity index (χ0v) is 12.2. The first-order valence-electron chi connectivity index (χ1n) is 7.33.